The van der Waals surface area contributed by atoms with Crippen molar-refractivity contribution in [3.05, 3.63) is 176 Å². The van der Waals surface area contributed by atoms with Crippen molar-refractivity contribution in [3.63, 3.8) is 0 Å². The monoisotopic (exact) mass is 1100 g/mol. The maximum absolute atomic E-state index is 3.99. The molecule has 285 valence electrons. The van der Waals surface area contributed by atoms with Crippen LogP contribution in [0.1, 0.15) is 83.2 Å². The number of benzene rings is 1. The van der Waals surface area contributed by atoms with E-state index in [4.69, 9.17) is 0 Å². The third-order valence-electron chi connectivity index (χ3n) is 5.34. The summed E-state index contributed by atoms with van der Waals surface area (Å²) < 4.78 is 0. The number of nitrogens with zero attached hydrogens (tertiary/aromatic N) is 7. The van der Waals surface area contributed by atoms with Gasteiger partial charge in [0.2, 0.25) is 0 Å². The van der Waals surface area contributed by atoms with Crippen LogP contribution < -0.4 is 0 Å². The van der Waals surface area contributed by atoms with Crippen molar-refractivity contribution < 1.29 is 164 Å². The summed E-state index contributed by atoms with van der Waals surface area (Å²) in [5.41, 5.74) is 4.06. The molecule has 5 radical (unpaired) electrons. The molecule has 0 amide bonds. The third kappa shape index (κ3) is 53.1. The molecule has 4 heterocycles. The van der Waals surface area contributed by atoms with Crippen LogP contribution in [0.3, 0.4) is 0 Å². The second-order valence-corrected chi connectivity index (χ2v) is 8.90. The average molecular weight is 1100 g/mol. The topological polar surface area (TPSA) is 90.2 Å². The molecule has 0 unspecified atom stereocenters. The minimum atomic E-state index is 0. The summed E-state index contributed by atoms with van der Waals surface area (Å²) >= 11 is 0. The maximum atomic E-state index is 3.99. The van der Waals surface area contributed by atoms with Crippen LogP contribution in [0.4, 0.5) is 0 Å². The number of hydrogen-bond donors (Lipinski definition) is 0. The zero-order valence-corrected chi connectivity index (χ0v) is 49.3. The Morgan fingerprint density at radius 2 is 0.755 bits per heavy atom. The van der Waals surface area contributed by atoms with Crippen LogP contribution in [-0.2, 0) is 196 Å². The Kier molecular flexibility index (Phi) is 101. The number of hydrogen-bond acceptors (Lipinski definition) is 7. The minimum absolute atomic E-state index is 0. The van der Waals surface area contributed by atoms with Crippen LogP contribution >= 0.6 is 0 Å². The summed E-state index contributed by atoms with van der Waals surface area (Å²) in [5, 5.41) is 0. The Morgan fingerprint density at radius 1 is 0.358 bits per heavy atom. The average Bonchev–Trinajstić information content (AvgIpc) is 3.11. The van der Waals surface area contributed by atoms with Gasteiger partial charge in [-0.15, -0.1) is 0 Å². The van der Waals surface area contributed by atoms with E-state index in [1.54, 1.807) is 18.6 Å². The summed E-state index contributed by atoms with van der Waals surface area (Å²) in [5.74, 6) is 1.76. The predicted octanol–water partition coefficient (Wildman–Crippen LogP) is 10.7. The molecule has 0 aliphatic heterocycles. The fourth-order valence-electron chi connectivity index (χ4n) is 2.90. The van der Waals surface area contributed by atoms with Gasteiger partial charge >= 0.3 is 0 Å². The fourth-order valence-corrected chi connectivity index (χ4v) is 2.90. The second-order valence-electron chi connectivity index (χ2n) is 8.90. The van der Waals surface area contributed by atoms with Crippen molar-refractivity contribution >= 4 is 0 Å². The van der Waals surface area contributed by atoms with Gasteiger partial charge in [-0.2, -0.15) is 0 Å². The van der Waals surface area contributed by atoms with E-state index in [1.165, 1.54) is 35.8 Å². The first-order valence-electron chi connectivity index (χ1n) is 15.3. The molecular weight excluding hydrogens is 1040 g/mol. The molecule has 4 aromatic heterocycles. The molecule has 12 heteroatoms. The Bertz CT molecular complexity index is 1010. The molecule has 7 nitrogen and oxygen atoms in total. The zero-order chi connectivity index (χ0) is 31.8. The minimum Gasteiger partial charge on any atom is -0.358 e. The van der Waals surface area contributed by atoms with Crippen LogP contribution in [0.5, 0.6) is 0 Å². The van der Waals surface area contributed by atoms with Crippen molar-refractivity contribution in [2.24, 2.45) is 0 Å². The van der Waals surface area contributed by atoms with E-state index in [2.05, 4.69) is 99.8 Å². The van der Waals surface area contributed by atoms with Crippen LogP contribution in [-0.4, -0.2) is 34.9 Å². The Hall–Kier alpha value is 1.13. The van der Waals surface area contributed by atoms with Crippen LogP contribution in [0.15, 0.2) is 110 Å². The second kappa shape index (κ2) is 65.0. The van der Waals surface area contributed by atoms with E-state index in [9.17, 15) is 0 Å². The molecule has 5 rings (SSSR count). The molecule has 0 aliphatic rings. The van der Waals surface area contributed by atoms with Gasteiger partial charge in [-0.3, -0.25) is 9.97 Å². The molecule has 0 saturated heterocycles. The number of rotatable bonds is 5. The number of aryl methyl sites for hydroxylation is 5. The molecular formula is C41H66N7Y5-5. The van der Waals surface area contributed by atoms with E-state index in [0.717, 1.165) is 43.8 Å². The third-order valence-corrected chi connectivity index (χ3v) is 5.34. The quantitative estimate of drug-likeness (QED) is 0.162. The van der Waals surface area contributed by atoms with E-state index in [-0.39, 0.29) is 201 Å². The molecule has 0 atom stereocenters. The van der Waals surface area contributed by atoms with Gasteiger partial charge in [0, 0.05) is 214 Å². The molecule has 1 aromatic carbocycles. The van der Waals surface area contributed by atoms with Gasteiger partial charge < -0.3 is 37.1 Å². The first-order valence-corrected chi connectivity index (χ1v) is 15.3. The van der Waals surface area contributed by atoms with Crippen molar-refractivity contribution in [1.29, 1.82) is 0 Å². The van der Waals surface area contributed by atoms with E-state index >= 15 is 0 Å². The van der Waals surface area contributed by atoms with Crippen LogP contribution in [0.2, 0.25) is 0 Å². The molecule has 0 fully saturated rings. The first-order chi connectivity index (χ1) is 21.1. The summed E-state index contributed by atoms with van der Waals surface area (Å²) in [4.78, 5) is 27.2. The fraction of sp³-hybridized carbons (Fsp3) is 0.317. The van der Waals surface area contributed by atoms with Gasteiger partial charge in [-0.05, 0) is 60.2 Å². The Morgan fingerprint density at radius 3 is 1.04 bits per heavy atom. The Balaban J connectivity index is -0.0000000433. The normalized spacial score (nSPS) is 7.23. The van der Waals surface area contributed by atoms with Crippen LogP contribution in [0, 0.1) is 37.1 Å². The molecule has 53 heavy (non-hydrogen) atoms. The van der Waals surface area contributed by atoms with E-state index in [1.807, 2.05) is 62.8 Å². The predicted molar refractivity (Wildman–Crippen MR) is 212 cm³/mol. The van der Waals surface area contributed by atoms with Gasteiger partial charge in [0.1, 0.15) is 24.3 Å². The standard InChI is InChI=1S/C8H10.2C7H9N.C6H8N2.C5H7N3.C3H8.5CH3.5Y/c1-2-8-6-4-3-5-7-8;1-2-7-3-5-8-6-4-7;1-2-7-4-3-5-8-6-7;1-2-6-7-4-3-5-8-6;1-2-5-7-3-6-4-8-5;1-3-2;;;;;;;;;;/h3-7H,2H2,1H3;2*3-6H,2H2,1H3;3-5H,2H2,1H3;3-4H,2H2,1H3;3H2,1-2H3;5*1H3;;;;;/q;;;;;;5*-1;;;;;. The smallest absolute Gasteiger partial charge is 0.131 e. The summed E-state index contributed by atoms with van der Waals surface area (Å²) in [6.45, 7) is 14.7. The summed E-state index contributed by atoms with van der Waals surface area (Å²) in [6, 6.07) is 20.4. The number of aromatic nitrogens is 7. The molecule has 5 aromatic rings. The van der Waals surface area contributed by atoms with Crippen molar-refractivity contribution in [2.75, 3.05) is 0 Å². The van der Waals surface area contributed by atoms with E-state index in [0.29, 0.717) is 0 Å². The van der Waals surface area contributed by atoms with E-state index < -0.39 is 0 Å². The Labute approximate surface area is 454 Å². The van der Waals surface area contributed by atoms with Crippen molar-refractivity contribution in [2.45, 2.75) is 87.0 Å². The van der Waals surface area contributed by atoms with Gasteiger partial charge in [0.15, 0.2) is 0 Å². The van der Waals surface area contributed by atoms with Crippen molar-refractivity contribution in [3.8, 4) is 0 Å². The molecule has 0 bridgehead atoms. The van der Waals surface area contributed by atoms with Gasteiger partial charge in [0.25, 0.3) is 0 Å². The SMILES string of the molecule is CCC.CCc1ccccc1.CCc1cccnc1.CCc1ccncc1.CCc1ncccn1.CCc1ncncn1.[CH3-].[CH3-].[CH3-].[CH3-].[CH3-].[Y].[Y].[Y].[Y].[Y]. The van der Waals surface area contributed by atoms with Crippen molar-refractivity contribution in [1.82, 2.24) is 34.9 Å². The zero-order valence-electron chi connectivity index (χ0n) is 35.2. The summed E-state index contributed by atoms with van der Waals surface area (Å²) in [7, 11) is 0. The summed E-state index contributed by atoms with van der Waals surface area (Å²) in [6.07, 6.45) is 20.2. The molecule has 0 N–H and O–H groups in total. The van der Waals surface area contributed by atoms with Gasteiger partial charge in [-0.25, -0.2) is 24.9 Å². The number of pyridine rings is 2. The first kappa shape index (κ1) is 82.1. The molecule has 0 aliphatic carbocycles. The molecule has 0 saturated carbocycles. The van der Waals surface area contributed by atoms with Gasteiger partial charge in [0.05, 0.1) is 0 Å². The maximum Gasteiger partial charge on any atom is 0.131 e. The largest absolute Gasteiger partial charge is 0.358 e. The van der Waals surface area contributed by atoms with Crippen LogP contribution in [0.25, 0.3) is 0 Å². The molecule has 0 spiro atoms. The van der Waals surface area contributed by atoms with Gasteiger partial charge in [-0.1, -0.05) is 91.3 Å².